The normalized spacial score (nSPS) is 10.0. The lowest BCUT2D eigenvalue weighted by molar-refractivity contribution is 0.798. The SMILES string of the molecule is CCN(CCC(N)=S)c1ncc(Cl)cn1. The highest BCUT2D eigenvalue weighted by molar-refractivity contribution is 7.80. The molecule has 0 aliphatic carbocycles. The largest absolute Gasteiger partial charge is 0.393 e. The molecule has 0 unspecified atom stereocenters. The van der Waals surface area contributed by atoms with E-state index in [1.807, 2.05) is 11.8 Å². The van der Waals surface area contributed by atoms with E-state index in [4.69, 9.17) is 29.6 Å². The monoisotopic (exact) mass is 244 g/mol. The van der Waals surface area contributed by atoms with Crippen molar-refractivity contribution in [2.24, 2.45) is 5.73 Å². The molecular formula is C9H13ClN4S. The van der Waals surface area contributed by atoms with E-state index < -0.39 is 0 Å². The standard InChI is InChI=1S/C9H13ClN4S/c1-2-14(4-3-8(11)15)9-12-5-7(10)6-13-9/h5-6H,2-4H2,1H3,(H2,11,15). The van der Waals surface area contributed by atoms with Crippen molar-refractivity contribution in [2.75, 3.05) is 18.0 Å². The fraction of sp³-hybridized carbons (Fsp3) is 0.444. The van der Waals surface area contributed by atoms with Crippen molar-refractivity contribution in [3.05, 3.63) is 17.4 Å². The van der Waals surface area contributed by atoms with Crippen molar-refractivity contribution in [2.45, 2.75) is 13.3 Å². The van der Waals surface area contributed by atoms with Crippen LogP contribution in [0.4, 0.5) is 5.95 Å². The van der Waals surface area contributed by atoms with Crippen LogP contribution in [0.1, 0.15) is 13.3 Å². The molecule has 4 nitrogen and oxygen atoms in total. The summed E-state index contributed by atoms with van der Waals surface area (Å²) in [4.78, 5) is 10.8. The molecule has 15 heavy (non-hydrogen) atoms. The molecular weight excluding hydrogens is 232 g/mol. The molecule has 2 N–H and O–H groups in total. The number of hydrogen-bond donors (Lipinski definition) is 1. The molecule has 1 heterocycles. The molecule has 0 aliphatic rings. The van der Waals surface area contributed by atoms with Crippen LogP contribution in [0.3, 0.4) is 0 Å². The third-order valence-electron chi connectivity index (χ3n) is 1.90. The van der Waals surface area contributed by atoms with E-state index in [2.05, 4.69) is 9.97 Å². The summed E-state index contributed by atoms with van der Waals surface area (Å²) < 4.78 is 0. The summed E-state index contributed by atoms with van der Waals surface area (Å²) in [5.74, 6) is 0.651. The minimum Gasteiger partial charge on any atom is -0.393 e. The molecule has 82 valence electrons. The van der Waals surface area contributed by atoms with Gasteiger partial charge in [0.25, 0.3) is 0 Å². The van der Waals surface area contributed by atoms with E-state index in [0.717, 1.165) is 13.1 Å². The first kappa shape index (κ1) is 12.1. The van der Waals surface area contributed by atoms with Gasteiger partial charge in [0.2, 0.25) is 5.95 Å². The number of nitrogens with two attached hydrogens (primary N) is 1. The predicted molar refractivity (Wildman–Crippen MR) is 66.3 cm³/mol. The Morgan fingerprint density at radius 1 is 1.53 bits per heavy atom. The van der Waals surface area contributed by atoms with Crippen LogP contribution in [0.25, 0.3) is 0 Å². The van der Waals surface area contributed by atoms with Crippen LogP contribution in [-0.2, 0) is 0 Å². The lowest BCUT2D eigenvalue weighted by Gasteiger charge is -2.19. The maximum absolute atomic E-state index is 5.70. The summed E-state index contributed by atoms with van der Waals surface area (Å²) in [7, 11) is 0. The van der Waals surface area contributed by atoms with Crippen molar-refractivity contribution in [1.29, 1.82) is 0 Å². The molecule has 0 amide bonds. The first-order valence-corrected chi connectivity index (χ1v) is 5.43. The van der Waals surface area contributed by atoms with Crippen LogP contribution in [0.2, 0.25) is 5.02 Å². The third kappa shape index (κ3) is 3.97. The maximum Gasteiger partial charge on any atom is 0.225 e. The van der Waals surface area contributed by atoms with Crippen LogP contribution in [-0.4, -0.2) is 28.0 Å². The second kappa shape index (κ2) is 5.82. The maximum atomic E-state index is 5.70. The number of halogens is 1. The summed E-state index contributed by atoms with van der Waals surface area (Å²) in [5, 5.41) is 0.532. The van der Waals surface area contributed by atoms with Gasteiger partial charge in [-0.1, -0.05) is 23.8 Å². The van der Waals surface area contributed by atoms with Gasteiger partial charge < -0.3 is 10.6 Å². The molecule has 1 aromatic rings. The molecule has 6 heteroatoms. The van der Waals surface area contributed by atoms with Gasteiger partial charge in [-0.15, -0.1) is 0 Å². The van der Waals surface area contributed by atoms with Gasteiger partial charge in [-0.25, -0.2) is 9.97 Å². The van der Waals surface area contributed by atoms with E-state index in [-0.39, 0.29) is 0 Å². The minimum atomic E-state index is 0.502. The van der Waals surface area contributed by atoms with Crippen molar-refractivity contribution in [1.82, 2.24) is 9.97 Å². The van der Waals surface area contributed by atoms with Gasteiger partial charge >= 0.3 is 0 Å². The average Bonchev–Trinajstić information content (AvgIpc) is 2.21. The summed E-state index contributed by atoms with van der Waals surface area (Å²) in [5.41, 5.74) is 5.44. The Hall–Kier alpha value is -0.940. The molecule has 0 saturated heterocycles. The Labute approximate surface area is 99.5 Å². The fourth-order valence-corrected chi connectivity index (χ4v) is 1.30. The first-order chi connectivity index (χ1) is 7.13. The molecule has 0 bridgehead atoms. The second-order valence-electron chi connectivity index (χ2n) is 3.00. The third-order valence-corrected chi connectivity index (χ3v) is 2.30. The van der Waals surface area contributed by atoms with Crippen molar-refractivity contribution in [3.63, 3.8) is 0 Å². The van der Waals surface area contributed by atoms with Gasteiger partial charge in [-0.2, -0.15) is 0 Å². The van der Waals surface area contributed by atoms with Crippen LogP contribution in [0.5, 0.6) is 0 Å². The lowest BCUT2D eigenvalue weighted by atomic mass is 10.4. The molecule has 0 saturated carbocycles. The first-order valence-electron chi connectivity index (χ1n) is 4.64. The van der Waals surface area contributed by atoms with Crippen LogP contribution in [0, 0.1) is 0 Å². The number of aromatic nitrogens is 2. The van der Waals surface area contributed by atoms with Crippen molar-refractivity contribution in [3.8, 4) is 0 Å². The molecule has 0 aromatic carbocycles. The number of anilines is 1. The number of rotatable bonds is 5. The van der Waals surface area contributed by atoms with E-state index in [1.54, 1.807) is 12.4 Å². The second-order valence-corrected chi connectivity index (χ2v) is 3.96. The van der Waals surface area contributed by atoms with Gasteiger partial charge in [0.05, 0.1) is 22.4 Å². The van der Waals surface area contributed by atoms with Gasteiger partial charge in [0.1, 0.15) is 0 Å². The summed E-state index contributed by atoms with van der Waals surface area (Å²) in [6.45, 7) is 3.56. The Morgan fingerprint density at radius 2 is 2.13 bits per heavy atom. The zero-order valence-corrected chi connectivity index (χ0v) is 10.1. The number of nitrogens with zero attached hydrogens (tertiary/aromatic N) is 3. The number of hydrogen-bond acceptors (Lipinski definition) is 4. The Morgan fingerprint density at radius 3 is 2.60 bits per heavy atom. The Kier molecular flexibility index (Phi) is 4.71. The Balaban J connectivity index is 2.65. The molecule has 0 aliphatic heterocycles. The quantitative estimate of drug-likeness (QED) is 0.798. The zero-order valence-electron chi connectivity index (χ0n) is 8.48. The van der Waals surface area contributed by atoms with E-state index in [0.29, 0.717) is 22.4 Å². The van der Waals surface area contributed by atoms with E-state index in [1.165, 1.54) is 0 Å². The van der Waals surface area contributed by atoms with Gasteiger partial charge in [0, 0.05) is 19.5 Å². The van der Waals surface area contributed by atoms with Gasteiger partial charge in [-0.3, -0.25) is 0 Å². The molecule has 1 aromatic heterocycles. The van der Waals surface area contributed by atoms with Crippen molar-refractivity contribution < 1.29 is 0 Å². The lowest BCUT2D eigenvalue weighted by Crippen LogP contribution is -2.28. The van der Waals surface area contributed by atoms with Crippen molar-refractivity contribution >= 4 is 34.8 Å². The van der Waals surface area contributed by atoms with Crippen LogP contribution < -0.4 is 10.6 Å². The Bertz CT molecular complexity index is 327. The topological polar surface area (TPSA) is 55.0 Å². The molecule has 0 atom stereocenters. The highest BCUT2D eigenvalue weighted by Gasteiger charge is 2.07. The average molecular weight is 245 g/mol. The van der Waals surface area contributed by atoms with Gasteiger partial charge in [0.15, 0.2) is 0 Å². The highest BCUT2D eigenvalue weighted by atomic mass is 35.5. The smallest absolute Gasteiger partial charge is 0.225 e. The highest BCUT2D eigenvalue weighted by Crippen LogP contribution is 2.10. The van der Waals surface area contributed by atoms with E-state index in [9.17, 15) is 0 Å². The molecule has 0 radical (unpaired) electrons. The minimum absolute atomic E-state index is 0.502. The summed E-state index contributed by atoms with van der Waals surface area (Å²) >= 11 is 10.5. The summed E-state index contributed by atoms with van der Waals surface area (Å²) in [6.07, 6.45) is 3.82. The summed E-state index contributed by atoms with van der Waals surface area (Å²) in [6, 6.07) is 0. The number of thiocarbonyl (C=S) groups is 1. The zero-order chi connectivity index (χ0) is 11.3. The van der Waals surface area contributed by atoms with Crippen LogP contribution in [0.15, 0.2) is 12.4 Å². The molecule has 1 rings (SSSR count). The predicted octanol–water partition coefficient (Wildman–Crippen LogP) is 1.63. The van der Waals surface area contributed by atoms with E-state index >= 15 is 0 Å². The van der Waals surface area contributed by atoms with Gasteiger partial charge in [-0.05, 0) is 6.92 Å². The molecule has 0 spiro atoms. The van der Waals surface area contributed by atoms with Crippen LogP contribution >= 0.6 is 23.8 Å². The fourth-order valence-electron chi connectivity index (χ4n) is 1.11. The molecule has 0 fully saturated rings.